The van der Waals surface area contributed by atoms with E-state index in [0.717, 1.165) is 17.9 Å². The third-order valence-electron chi connectivity index (χ3n) is 4.04. The maximum atomic E-state index is 12.6. The van der Waals surface area contributed by atoms with Crippen LogP contribution in [0.4, 0.5) is 0 Å². The van der Waals surface area contributed by atoms with Gasteiger partial charge in [-0.05, 0) is 40.7 Å². The van der Waals surface area contributed by atoms with Crippen LogP contribution in [0.25, 0.3) is 5.69 Å². The van der Waals surface area contributed by atoms with E-state index in [1.165, 1.54) is 5.56 Å². The molecule has 5 heteroatoms. The molecule has 0 fully saturated rings. The lowest BCUT2D eigenvalue weighted by Gasteiger charge is -2.18. The Hall–Kier alpha value is -2.11. The van der Waals surface area contributed by atoms with Crippen LogP contribution in [0.3, 0.4) is 0 Å². The molecule has 1 aromatic heterocycles. The zero-order valence-electron chi connectivity index (χ0n) is 13.8. The van der Waals surface area contributed by atoms with Gasteiger partial charge >= 0.3 is 0 Å². The minimum absolute atomic E-state index is 0.0354. The van der Waals surface area contributed by atoms with E-state index in [2.05, 4.69) is 40.0 Å². The molecule has 24 heavy (non-hydrogen) atoms. The van der Waals surface area contributed by atoms with Crippen LogP contribution in [0, 0.1) is 0 Å². The monoisotopic (exact) mass is 385 g/mol. The highest BCUT2D eigenvalue weighted by Gasteiger charge is 2.18. The largest absolute Gasteiger partial charge is 0.296 e. The number of hydrogen-bond donors (Lipinski definition) is 0. The molecule has 0 spiro atoms. The van der Waals surface area contributed by atoms with E-state index in [1.54, 1.807) is 4.68 Å². The molecule has 3 rings (SSSR count). The third kappa shape index (κ3) is 3.37. The fraction of sp³-hybridized carbons (Fsp3) is 0.211. The van der Waals surface area contributed by atoms with Gasteiger partial charge in [0.25, 0.3) is 5.56 Å². The molecule has 0 unspecified atom stereocenters. The van der Waals surface area contributed by atoms with Crippen molar-refractivity contribution in [1.82, 2.24) is 14.3 Å². The smallest absolute Gasteiger partial charge is 0.286 e. The van der Waals surface area contributed by atoms with Crippen molar-refractivity contribution in [2.45, 2.75) is 13.1 Å². The normalized spacial score (nSPS) is 11.2. The van der Waals surface area contributed by atoms with Crippen LogP contribution >= 0.6 is 15.9 Å². The molecule has 4 nitrogen and oxygen atoms in total. The Morgan fingerprint density at radius 1 is 0.958 bits per heavy atom. The van der Waals surface area contributed by atoms with Crippen LogP contribution in [0.15, 0.2) is 69.9 Å². The number of nitrogens with zero attached hydrogens (tertiary/aromatic N) is 3. The first-order valence-corrected chi connectivity index (χ1v) is 8.61. The molecular weight excluding hydrogens is 366 g/mol. The standard InChI is InChI=1S/C19H20BrN3O/c1-21(13-15-9-5-3-6-10-15)14-17-18(20)19(24)23(22(17)2)16-11-7-4-8-12-16/h3-12H,13-14H2,1-2H3. The van der Waals surface area contributed by atoms with Crippen molar-refractivity contribution < 1.29 is 0 Å². The highest BCUT2D eigenvalue weighted by Crippen LogP contribution is 2.18. The fourth-order valence-electron chi connectivity index (χ4n) is 2.85. The summed E-state index contributed by atoms with van der Waals surface area (Å²) in [4.78, 5) is 14.8. The van der Waals surface area contributed by atoms with E-state index in [1.807, 2.05) is 60.3 Å². The molecule has 0 atom stereocenters. The van der Waals surface area contributed by atoms with Crippen molar-refractivity contribution in [2.24, 2.45) is 7.05 Å². The third-order valence-corrected chi connectivity index (χ3v) is 4.84. The van der Waals surface area contributed by atoms with Gasteiger partial charge in [-0.15, -0.1) is 0 Å². The molecule has 1 heterocycles. The van der Waals surface area contributed by atoms with Crippen molar-refractivity contribution in [3.63, 3.8) is 0 Å². The highest BCUT2D eigenvalue weighted by molar-refractivity contribution is 9.10. The van der Waals surface area contributed by atoms with Crippen molar-refractivity contribution >= 4 is 15.9 Å². The molecule has 0 saturated carbocycles. The van der Waals surface area contributed by atoms with Crippen molar-refractivity contribution in [3.8, 4) is 5.69 Å². The molecule has 3 aromatic rings. The Labute approximate surface area is 150 Å². The van der Waals surface area contributed by atoms with Crippen LogP contribution in [0.5, 0.6) is 0 Å². The summed E-state index contributed by atoms with van der Waals surface area (Å²) in [5.41, 5.74) is 3.04. The first-order chi connectivity index (χ1) is 11.6. The fourth-order valence-corrected chi connectivity index (χ4v) is 3.40. The lowest BCUT2D eigenvalue weighted by molar-refractivity contribution is 0.307. The number of para-hydroxylation sites is 1. The van der Waals surface area contributed by atoms with Gasteiger partial charge in [-0.1, -0.05) is 48.5 Å². The number of benzene rings is 2. The second kappa shape index (κ2) is 7.20. The summed E-state index contributed by atoms with van der Waals surface area (Å²) >= 11 is 3.48. The van der Waals surface area contributed by atoms with E-state index < -0.39 is 0 Å². The summed E-state index contributed by atoms with van der Waals surface area (Å²) in [5, 5.41) is 0. The van der Waals surface area contributed by atoms with Crippen LogP contribution in [0.1, 0.15) is 11.3 Å². The van der Waals surface area contributed by atoms with Crippen molar-refractivity contribution in [1.29, 1.82) is 0 Å². The van der Waals surface area contributed by atoms with E-state index >= 15 is 0 Å². The molecule has 0 saturated heterocycles. The molecule has 124 valence electrons. The Kier molecular flexibility index (Phi) is 5.02. The molecule has 0 N–H and O–H groups in total. The average molecular weight is 386 g/mol. The maximum absolute atomic E-state index is 12.6. The molecule has 0 radical (unpaired) electrons. The van der Waals surface area contributed by atoms with Crippen LogP contribution < -0.4 is 5.56 Å². The van der Waals surface area contributed by atoms with Crippen LogP contribution in [-0.4, -0.2) is 21.3 Å². The summed E-state index contributed by atoms with van der Waals surface area (Å²) in [5.74, 6) is 0. The van der Waals surface area contributed by atoms with Crippen molar-refractivity contribution in [2.75, 3.05) is 7.05 Å². The zero-order valence-corrected chi connectivity index (χ0v) is 15.4. The van der Waals surface area contributed by atoms with Crippen LogP contribution in [-0.2, 0) is 20.1 Å². The SMILES string of the molecule is CN(Cc1ccccc1)Cc1c(Br)c(=O)n(-c2ccccc2)n1C. The molecule has 0 aliphatic carbocycles. The summed E-state index contributed by atoms with van der Waals surface area (Å²) in [6.45, 7) is 1.51. The lowest BCUT2D eigenvalue weighted by atomic mass is 10.2. The first-order valence-electron chi connectivity index (χ1n) is 7.82. The molecule has 0 amide bonds. The molecular formula is C19H20BrN3O. The van der Waals surface area contributed by atoms with Gasteiger partial charge in [0.1, 0.15) is 4.47 Å². The van der Waals surface area contributed by atoms with Gasteiger partial charge in [0.2, 0.25) is 0 Å². The van der Waals surface area contributed by atoms with E-state index in [4.69, 9.17) is 0 Å². The van der Waals surface area contributed by atoms with Gasteiger partial charge in [-0.2, -0.15) is 0 Å². The Morgan fingerprint density at radius 2 is 1.54 bits per heavy atom. The van der Waals surface area contributed by atoms with E-state index in [-0.39, 0.29) is 5.56 Å². The predicted octanol–water partition coefficient (Wildman–Crippen LogP) is 3.57. The average Bonchev–Trinajstić information content (AvgIpc) is 2.80. The molecule has 0 bridgehead atoms. The van der Waals surface area contributed by atoms with Gasteiger partial charge in [0, 0.05) is 20.1 Å². The maximum Gasteiger partial charge on any atom is 0.286 e. The minimum Gasteiger partial charge on any atom is -0.296 e. The van der Waals surface area contributed by atoms with Gasteiger partial charge in [0.05, 0.1) is 11.4 Å². The molecule has 0 aliphatic rings. The van der Waals surface area contributed by atoms with Gasteiger partial charge in [-0.25, -0.2) is 4.68 Å². The van der Waals surface area contributed by atoms with E-state index in [9.17, 15) is 4.79 Å². The lowest BCUT2D eigenvalue weighted by Crippen LogP contribution is -2.22. The topological polar surface area (TPSA) is 30.2 Å². The summed E-state index contributed by atoms with van der Waals surface area (Å²) in [7, 11) is 3.98. The van der Waals surface area contributed by atoms with Crippen molar-refractivity contribution in [3.05, 3.63) is 86.7 Å². The Morgan fingerprint density at radius 3 is 2.17 bits per heavy atom. The second-order valence-corrected chi connectivity index (χ2v) is 6.69. The first kappa shape index (κ1) is 16.7. The van der Waals surface area contributed by atoms with Crippen LogP contribution in [0.2, 0.25) is 0 Å². The number of aromatic nitrogens is 2. The number of hydrogen-bond acceptors (Lipinski definition) is 2. The van der Waals surface area contributed by atoms with Gasteiger partial charge in [0.15, 0.2) is 0 Å². The predicted molar refractivity (Wildman–Crippen MR) is 100 cm³/mol. The Bertz CT molecular complexity index is 869. The van der Waals surface area contributed by atoms with Gasteiger partial charge in [-0.3, -0.25) is 14.4 Å². The number of halogens is 1. The zero-order chi connectivity index (χ0) is 17.1. The second-order valence-electron chi connectivity index (χ2n) is 5.89. The summed E-state index contributed by atoms with van der Waals surface area (Å²) in [6.07, 6.45) is 0. The van der Waals surface area contributed by atoms with Gasteiger partial charge < -0.3 is 0 Å². The number of rotatable bonds is 5. The quantitative estimate of drug-likeness (QED) is 0.671. The van der Waals surface area contributed by atoms with E-state index in [0.29, 0.717) is 11.0 Å². The highest BCUT2D eigenvalue weighted by atomic mass is 79.9. The summed E-state index contributed by atoms with van der Waals surface area (Å²) in [6, 6.07) is 20.0. The summed E-state index contributed by atoms with van der Waals surface area (Å²) < 4.78 is 4.23. The molecule has 0 aliphatic heterocycles. The minimum atomic E-state index is -0.0354. The molecule has 2 aromatic carbocycles. The Balaban J connectivity index is 1.88.